The molecule has 0 aliphatic carbocycles. The first-order valence-electron chi connectivity index (χ1n) is 9.04. The van der Waals surface area contributed by atoms with Crippen molar-refractivity contribution < 1.29 is 52.7 Å². The summed E-state index contributed by atoms with van der Waals surface area (Å²) >= 11 is 0. The van der Waals surface area contributed by atoms with E-state index in [4.69, 9.17) is 0 Å². The molecule has 0 nitrogen and oxygen atoms in total. The molecule has 0 bridgehead atoms. The first kappa shape index (κ1) is 29.6. The molecule has 0 saturated carbocycles. The van der Waals surface area contributed by atoms with Crippen LogP contribution in [0, 0.1) is 0 Å². The van der Waals surface area contributed by atoms with Gasteiger partial charge in [-0.15, -0.1) is 0 Å². The molecule has 0 aromatic heterocycles. The summed E-state index contributed by atoms with van der Waals surface area (Å²) in [4.78, 5) is 0. The highest BCUT2D eigenvalue weighted by molar-refractivity contribution is 6.84. The van der Waals surface area contributed by atoms with E-state index >= 15 is 0 Å². The van der Waals surface area contributed by atoms with Crippen molar-refractivity contribution in [2.45, 2.75) is 99.5 Å². The van der Waals surface area contributed by atoms with E-state index in [9.17, 15) is 52.7 Å². The maximum atomic E-state index is 14.8. The van der Waals surface area contributed by atoms with Gasteiger partial charge in [0, 0.05) is 25.9 Å². The number of alkyl halides is 12. The Balaban J connectivity index is 6.85. The second-order valence-electron chi connectivity index (χ2n) is 8.73. The highest BCUT2D eigenvalue weighted by Crippen LogP contribution is 2.58. The van der Waals surface area contributed by atoms with Crippen molar-refractivity contribution in [1.29, 1.82) is 0 Å². The van der Waals surface area contributed by atoms with Gasteiger partial charge in [-0.05, 0) is 5.54 Å². The van der Waals surface area contributed by atoms with Crippen molar-refractivity contribution in [3.63, 3.8) is 0 Å². The van der Waals surface area contributed by atoms with Crippen LogP contribution in [0.1, 0.15) is 41.5 Å². The average molecular weight is 503 g/mol. The lowest BCUT2D eigenvalue weighted by Crippen LogP contribution is -2.69. The van der Waals surface area contributed by atoms with Crippen LogP contribution in [-0.2, 0) is 0 Å². The Kier molecular flexibility index (Phi) is 8.39. The molecule has 0 heterocycles. The highest BCUT2D eigenvalue weighted by Gasteiger charge is 2.76. The molecule has 0 radical (unpaired) electrons. The van der Waals surface area contributed by atoms with E-state index in [0.29, 0.717) is 13.8 Å². The van der Waals surface area contributed by atoms with Gasteiger partial charge in [0.25, 0.3) is 11.1 Å². The van der Waals surface area contributed by atoms with Crippen LogP contribution in [0.4, 0.5) is 52.7 Å². The van der Waals surface area contributed by atoms with Crippen molar-refractivity contribution in [3.8, 4) is 0 Å². The van der Waals surface area contributed by atoms with Crippen LogP contribution >= 0.6 is 0 Å². The van der Waals surface area contributed by atoms with Gasteiger partial charge in [0.2, 0.25) is 0 Å². The standard InChI is InChI=1S/C16H26F12Si2/c1-9(2)29-15(25,26)14(23,24)8-30(10(3)4,16(27,28)12(6,19)20)7-13(21,22)11(5,17)18/h9-10H,7-8,29H2,1-6H3. The van der Waals surface area contributed by atoms with Gasteiger partial charge in [0.15, 0.2) is 8.07 Å². The van der Waals surface area contributed by atoms with Crippen molar-refractivity contribution in [1.82, 2.24) is 0 Å². The fourth-order valence-corrected chi connectivity index (χ4v) is 10.1. The molecule has 182 valence electrons. The predicted octanol–water partition coefficient (Wildman–Crippen LogP) is 7.19. The second-order valence-corrected chi connectivity index (χ2v) is 16.5. The molecule has 0 fully saturated rings. The molecule has 14 heteroatoms. The van der Waals surface area contributed by atoms with Gasteiger partial charge in [0.05, 0.1) is 0 Å². The van der Waals surface area contributed by atoms with Crippen molar-refractivity contribution in [3.05, 3.63) is 0 Å². The van der Waals surface area contributed by atoms with E-state index in [0.717, 1.165) is 13.8 Å². The first-order chi connectivity index (χ1) is 12.8. The van der Waals surface area contributed by atoms with Crippen molar-refractivity contribution in [2.75, 3.05) is 0 Å². The smallest absolute Gasteiger partial charge is 0.206 e. The zero-order chi connectivity index (χ0) is 24.8. The summed E-state index contributed by atoms with van der Waals surface area (Å²) in [6.45, 7) is 2.73. The molecule has 1 unspecified atom stereocenters. The Labute approximate surface area is 170 Å². The maximum absolute atomic E-state index is 14.8. The van der Waals surface area contributed by atoms with E-state index in [1.54, 1.807) is 0 Å². The topological polar surface area (TPSA) is 0 Å². The van der Waals surface area contributed by atoms with Crippen LogP contribution in [0.15, 0.2) is 0 Å². The minimum atomic E-state index is -6.30. The molecule has 0 amide bonds. The van der Waals surface area contributed by atoms with Crippen LogP contribution < -0.4 is 0 Å². The van der Waals surface area contributed by atoms with E-state index in [1.807, 2.05) is 0 Å². The lowest BCUT2D eigenvalue weighted by Gasteiger charge is -2.48. The average Bonchev–Trinajstić information content (AvgIpc) is 2.41. The molecule has 0 aliphatic heterocycles. The number of hydrogen-bond donors (Lipinski definition) is 0. The quantitative estimate of drug-likeness (QED) is 0.207. The number of halogens is 12. The van der Waals surface area contributed by atoms with E-state index in [-0.39, 0.29) is 6.92 Å². The van der Waals surface area contributed by atoms with E-state index in [1.165, 1.54) is 0 Å². The van der Waals surface area contributed by atoms with Gasteiger partial charge >= 0.3 is 23.7 Å². The minimum Gasteiger partial charge on any atom is -0.206 e. The Morgan fingerprint density at radius 2 is 1.00 bits per heavy atom. The van der Waals surface area contributed by atoms with Crippen LogP contribution in [0.3, 0.4) is 0 Å². The molecule has 0 spiro atoms. The lowest BCUT2D eigenvalue weighted by molar-refractivity contribution is -0.194. The molecule has 30 heavy (non-hydrogen) atoms. The van der Waals surface area contributed by atoms with Crippen molar-refractivity contribution >= 4 is 17.6 Å². The summed E-state index contributed by atoms with van der Waals surface area (Å²) in [6, 6.07) is -5.38. The molecule has 0 saturated heterocycles. The second kappa shape index (κ2) is 8.51. The molecule has 0 aromatic rings. The fraction of sp³-hybridized carbons (Fsp3) is 1.00. The molecule has 1 atom stereocenters. The highest BCUT2D eigenvalue weighted by atomic mass is 28.3. The largest absolute Gasteiger partial charge is 0.307 e. The Bertz CT molecular complexity index is 578. The molecule has 0 N–H and O–H groups in total. The van der Waals surface area contributed by atoms with E-state index in [2.05, 4.69) is 0 Å². The normalized spacial score (nSPS) is 18.0. The van der Waals surface area contributed by atoms with Crippen LogP contribution in [-0.4, -0.2) is 52.4 Å². The van der Waals surface area contributed by atoms with Crippen LogP contribution in [0.5, 0.6) is 0 Å². The van der Waals surface area contributed by atoms with Crippen LogP contribution in [0.2, 0.25) is 23.2 Å². The Hall–Kier alpha value is -0.406. The summed E-state index contributed by atoms with van der Waals surface area (Å²) in [7, 11) is -9.30. The van der Waals surface area contributed by atoms with Crippen molar-refractivity contribution in [2.24, 2.45) is 0 Å². The Morgan fingerprint density at radius 3 is 1.27 bits per heavy atom. The lowest BCUT2D eigenvalue weighted by atomic mass is 10.2. The summed E-state index contributed by atoms with van der Waals surface area (Å²) < 4.78 is 169. The Morgan fingerprint density at radius 1 is 0.633 bits per heavy atom. The third kappa shape index (κ3) is 5.68. The molecule has 0 aliphatic rings. The predicted molar refractivity (Wildman–Crippen MR) is 95.1 cm³/mol. The zero-order valence-corrected chi connectivity index (χ0v) is 19.7. The van der Waals surface area contributed by atoms with E-state index < -0.39 is 82.5 Å². The van der Waals surface area contributed by atoms with Crippen LogP contribution in [0.25, 0.3) is 0 Å². The van der Waals surface area contributed by atoms with Gasteiger partial charge in [-0.2, -0.15) is 0 Å². The van der Waals surface area contributed by atoms with Gasteiger partial charge in [0.1, 0.15) is 9.52 Å². The zero-order valence-electron chi connectivity index (χ0n) is 17.3. The van der Waals surface area contributed by atoms with Gasteiger partial charge < -0.3 is 0 Å². The molecular formula is C16H26F12Si2. The summed E-state index contributed by atoms with van der Waals surface area (Å²) in [6.07, 6.45) is 0. The maximum Gasteiger partial charge on any atom is 0.307 e. The number of rotatable bonds is 11. The molecule has 0 aromatic carbocycles. The first-order valence-corrected chi connectivity index (χ1v) is 13.1. The third-order valence-electron chi connectivity index (χ3n) is 5.20. The van der Waals surface area contributed by atoms with Gasteiger partial charge in [-0.1, -0.05) is 33.2 Å². The summed E-state index contributed by atoms with van der Waals surface area (Å²) in [5.41, 5.74) is -13.5. The third-order valence-corrected chi connectivity index (χ3v) is 13.1. The van der Waals surface area contributed by atoms with Gasteiger partial charge in [-0.25, -0.2) is 52.7 Å². The number of hydrogen-bond acceptors (Lipinski definition) is 0. The summed E-state index contributed by atoms with van der Waals surface area (Å²) in [5.74, 6) is -20.9. The molecule has 0 rings (SSSR count). The SMILES string of the molecule is CC(C)[SiH2]C(F)(F)C(F)(F)C[Si](CC(F)(F)C(C)(F)F)(C(C)C)C(F)(F)C(C)(F)F. The monoisotopic (exact) mass is 502 g/mol. The summed E-state index contributed by atoms with van der Waals surface area (Å²) in [5, 5.41) is 0. The molecular weight excluding hydrogens is 476 g/mol. The fourth-order valence-electron chi connectivity index (χ4n) is 3.23. The minimum absolute atomic E-state index is 0.382. The van der Waals surface area contributed by atoms with Gasteiger partial charge in [-0.3, -0.25) is 0 Å².